The van der Waals surface area contributed by atoms with Crippen molar-refractivity contribution in [3.63, 3.8) is 0 Å². The minimum atomic E-state index is -0.354. The zero-order valence-corrected chi connectivity index (χ0v) is 14.9. The van der Waals surface area contributed by atoms with Gasteiger partial charge >= 0.3 is 0 Å². The molecule has 1 aromatic heterocycles. The first-order valence-corrected chi connectivity index (χ1v) is 9.51. The van der Waals surface area contributed by atoms with Gasteiger partial charge in [-0.2, -0.15) is 0 Å². The number of hydrogen-bond donors (Lipinski definition) is 0. The molecule has 0 aromatic carbocycles. The van der Waals surface area contributed by atoms with E-state index in [2.05, 4.69) is 14.9 Å². The summed E-state index contributed by atoms with van der Waals surface area (Å²) in [5.41, 5.74) is 0.167. The SMILES string of the molecule is CCc1ncc(C(=O)N2CC[C@]3(CCCN(CC4CC4)C3=O)C2)cn1. The van der Waals surface area contributed by atoms with Crippen LogP contribution in [0.5, 0.6) is 0 Å². The molecule has 134 valence electrons. The quantitative estimate of drug-likeness (QED) is 0.838. The van der Waals surface area contributed by atoms with Crippen LogP contribution in [0.25, 0.3) is 0 Å². The number of carbonyl (C=O) groups is 2. The number of aromatic nitrogens is 2. The van der Waals surface area contributed by atoms with Gasteiger partial charge in [-0.15, -0.1) is 0 Å². The maximum atomic E-state index is 13.1. The average Bonchev–Trinajstić information content (AvgIpc) is 3.36. The van der Waals surface area contributed by atoms with Crippen LogP contribution in [0.2, 0.25) is 0 Å². The number of hydrogen-bond acceptors (Lipinski definition) is 4. The summed E-state index contributed by atoms with van der Waals surface area (Å²) < 4.78 is 0. The first kappa shape index (κ1) is 16.5. The zero-order valence-electron chi connectivity index (χ0n) is 14.9. The Labute approximate surface area is 148 Å². The number of likely N-dealkylation sites (tertiary alicyclic amines) is 2. The molecule has 4 rings (SSSR count). The minimum Gasteiger partial charge on any atom is -0.342 e. The van der Waals surface area contributed by atoms with Crippen LogP contribution in [0, 0.1) is 11.3 Å². The highest BCUT2D eigenvalue weighted by Gasteiger charge is 2.50. The third kappa shape index (κ3) is 3.14. The molecule has 1 spiro atoms. The molecule has 1 aliphatic carbocycles. The molecule has 3 aliphatic rings. The predicted molar refractivity (Wildman–Crippen MR) is 92.9 cm³/mol. The van der Waals surface area contributed by atoms with E-state index in [0.717, 1.165) is 44.6 Å². The van der Waals surface area contributed by atoms with E-state index in [1.54, 1.807) is 12.4 Å². The number of carbonyl (C=O) groups excluding carboxylic acids is 2. The Hall–Kier alpha value is -1.98. The Morgan fingerprint density at radius 3 is 2.68 bits per heavy atom. The molecule has 25 heavy (non-hydrogen) atoms. The highest BCUT2D eigenvalue weighted by Crippen LogP contribution is 2.42. The van der Waals surface area contributed by atoms with E-state index >= 15 is 0 Å². The van der Waals surface area contributed by atoms with Gasteiger partial charge in [-0.3, -0.25) is 9.59 Å². The van der Waals surface area contributed by atoms with Crippen molar-refractivity contribution in [3.05, 3.63) is 23.8 Å². The normalized spacial score (nSPS) is 26.5. The van der Waals surface area contributed by atoms with Gasteiger partial charge in [0.1, 0.15) is 5.82 Å². The Bertz CT molecular complexity index is 671. The summed E-state index contributed by atoms with van der Waals surface area (Å²) in [7, 11) is 0. The summed E-state index contributed by atoms with van der Waals surface area (Å²) in [6, 6.07) is 0. The molecule has 1 aromatic rings. The van der Waals surface area contributed by atoms with E-state index in [-0.39, 0.29) is 17.2 Å². The Kier molecular flexibility index (Phi) is 4.21. The van der Waals surface area contributed by atoms with Crippen molar-refractivity contribution >= 4 is 11.8 Å². The first-order chi connectivity index (χ1) is 12.1. The number of piperidine rings is 1. The largest absolute Gasteiger partial charge is 0.342 e. The maximum absolute atomic E-state index is 13.1. The lowest BCUT2D eigenvalue weighted by Gasteiger charge is -2.39. The molecule has 0 N–H and O–H groups in total. The zero-order chi connectivity index (χ0) is 17.4. The molecule has 1 atom stereocenters. The Morgan fingerprint density at radius 1 is 1.24 bits per heavy atom. The summed E-state index contributed by atoms with van der Waals surface area (Å²) in [5, 5.41) is 0. The van der Waals surface area contributed by atoms with Crippen molar-refractivity contribution in [1.82, 2.24) is 19.8 Å². The number of rotatable bonds is 4. The highest BCUT2D eigenvalue weighted by atomic mass is 16.2. The lowest BCUT2D eigenvalue weighted by atomic mass is 9.78. The summed E-state index contributed by atoms with van der Waals surface area (Å²) in [6.07, 6.45) is 9.24. The molecule has 2 saturated heterocycles. The number of amides is 2. The molecule has 6 nitrogen and oxygen atoms in total. The van der Waals surface area contributed by atoms with Gasteiger partial charge in [0.2, 0.25) is 5.91 Å². The monoisotopic (exact) mass is 342 g/mol. The van der Waals surface area contributed by atoms with Crippen LogP contribution < -0.4 is 0 Å². The smallest absolute Gasteiger partial charge is 0.257 e. The molecule has 3 heterocycles. The molecular weight excluding hydrogens is 316 g/mol. The predicted octanol–water partition coefficient (Wildman–Crippen LogP) is 1.90. The van der Waals surface area contributed by atoms with Crippen LogP contribution in [-0.4, -0.2) is 57.8 Å². The van der Waals surface area contributed by atoms with Gasteiger partial charge in [0.05, 0.1) is 11.0 Å². The molecule has 6 heteroatoms. The maximum Gasteiger partial charge on any atom is 0.257 e. The third-order valence-electron chi connectivity index (χ3n) is 5.91. The van der Waals surface area contributed by atoms with E-state index in [1.807, 2.05) is 11.8 Å². The van der Waals surface area contributed by atoms with Crippen LogP contribution in [0.15, 0.2) is 12.4 Å². The van der Waals surface area contributed by atoms with Crippen molar-refractivity contribution in [2.24, 2.45) is 11.3 Å². The van der Waals surface area contributed by atoms with Gasteiger partial charge in [-0.1, -0.05) is 6.92 Å². The number of nitrogens with zero attached hydrogens (tertiary/aromatic N) is 4. The Morgan fingerprint density at radius 2 is 2.00 bits per heavy atom. The van der Waals surface area contributed by atoms with Crippen LogP contribution in [0.3, 0.4) is 0 Å². The lowest BCUT2D eigenvalue weighted by molar-refractivity contribution is -0.145. The number of aryl methyl sites for hydroxylation is 1. The van der Waals surface area contributed by atoms with Crippen LogP contribution in [-0.2, 0) is 11.2 Å². The molecule has 0 radical (unpaired) electrons. The van der Waals surface area contributed by atoms with Gasteiger partial charge in [-0.25, -0.2) is 9.97 Å². The molecule has 2 aliphatic heterocycles. The van der Waals surface area contributed by atoms with Crippen molar-refractivity contribution in [3.8, 4) is 0 Å². The van der Waals surface area contributed by atoms with E-state index in [0.29, 0.717) is 24.6 Å². The van der Waals surface area contributed by atoms with Gasteiger partial charge in [0.15, 0.2) is 0 Å². The third-order valence-corrected chi connectivity index (χ3v) is 5.91. The summed E-state index contributed by atoms with van der Waals surface area (Å²) in [4.78, 5) is 38.2. The second kappa shape index (κ2) is 6.39. The van der Waals surface area contributed by atoms with Gasteiger partial charge < -0.3 is 9.80 Å². The second-order valence-electron chi connectivity index (χ2n) is 7.80. The molecule has 1 saturated carbocycles. The van der Waals surface area contributed by atoms with Crippen LogP contribution >= 0.6 is 0 Å². The molecule has 0 bridgehead atoms. The summed E-state index contributed by atoms with van der Waals surface area (Å²) >= 11 is 0. The van der Waals surface area contributed by atoms with Gasteiger partial charge in [0.25, 0.3) is 5.91 Å². The second-order valence-corrected chi connectivity index (χ2v) is 7.80. The van der Waals surface area contributed by atoms with Crippen LogP contribution in [0.4, 0.5) is 0 Å². The molecule has 3 fully saturated rings. The summed E-state index contributed by atoms with van der Waals surface area (Å²) in [5.74, 6) is 1.69. The topological polar surface area (TPSA) is 66.4 Å². The van der Waals surface area contributed by atoms with Gasteiger partial charge in [-0.05, 0) is 38.0 Å². The lowest BCUT2D eigenvalue weighted by Crippen LogP contribution is -2.50. The van der Waals surface area contributed by atoms with Crippen LogP contribution in [0.1, 0.15) is 55.2 Å². The first-order valence-electron chi connectivity index (χ1n) is 9.51. The fourth-order valence-corrected chi connectivity index (χ4v) is 4.19. The van der Waals surface area contributed by atoms with Crippen molar-refractivity contribution in [1.29, 1.82) is 0 Å². The molecule has 0 unspecified atom stereocenters. The average molecular weight is 342 g/mol. The molecule has 2 amide bonds. The highest BCUT2D eigenvalue weighted by molar-refractivity contribution is 5.95. The van der Waals surface area contributed by atoms with E-state index in [4.69, 9.17) is 0 Å². The van der Waals surface area contributed by atoms with Crippen molar-refractivity contribution in [2.75, 3.05) is 26.2 Å². The fraction of sp³-hybridized carbons (Fsp3) is 0.684. The molecular formula is C19H26N4O2. The van der Waals surface area contributed by atoms with Gasteiger partial charge in [0, 0.05) is 45.0 Å². The summed E-state index contributed by atoms with van der Waals surface area (Å²) in [6.45, 7) is 4.99. The van der Waals surface area contributed by atoms with E-state index in [1.165, 1.54) is 12.8 Å². The minimum absolute atomic E-state index is 0.0494. The standard InChI is InChI=1S/C19H26N4O2/c1-2-16-20-10-15(11-21-16)17(24)23-9-7-19(13-23)6-3-8-22(18(19)25)12-14-4-5-14/h10-11,14H,2-9,12-13H2,1H3/t19-/m1/s1. The van der Waals surface area contributed by atoms with E-state index < -0.39 is 0 Å². The van der Waals surface area contributed by atoms with E-state index in [9.17, 15) is 9.59 Å². The fourth-order valence-electron chi connectivity index (χ4n) is 4.19. The van der Waals surface area contributed by atoms with Crippen molar-refractivity contribution < 1.29 is 9.59 Å². The Balaban J connectivity index is 1.45. The van der Waals surface area contributed by atoms with Crippen molar-refractivity contribution in [2.45, 2.75) is 45.4 Å².